The van der Waals surface area contributed by atoms with Crippen LogP contribution in [0.25, 0.3) is 5.57 Å². The molecule has 1 aromatic rings. The van der Waals surface area contributed by atoms with Crippen LogP contribution in [0.3, 0.4) is 0 Å². The summed E-state index contributed by atoms with van der Waals surface area (Å²) in [5.41, 5.74) is 3.86. The van der Waals surface area contributed by atoms with Gasteiger partial charge in [0, 0.05) is 0 Å². The Balaban J connectivity index is 2.31. The number of methoxy groups -OCH3 is 1. The van der Waals surface area contributed by atoms with Crippen LogP contribution in [0.2, 0.25) is 0 Å². The molecule has 0 saturated heterocycles. The largest absolute Gasteiger partial charge is 0.469 e. The van der Waals surface area contributed by atoms with Crippen molar-refractivity contribution in [1.29, 1.82) is 0 Å². The summed E-state index contributed by atoms with van der Waals surface area (Å²) >= 11 is 0. The molecule has 0 aliphatic heterocycles. The molecule has 0 aromatic heterocycles. The van der Waals surface area contributed by atoms with Crippen LogP contribution in [-0.2, 0) is 16.0 Å². The number of hydrogen-bond acceptors (Lipinski definition) is 2. The zero-order valence-corrected chi connectivity index (χ0v) is 12.4. The predicted molar refractivity (Wildman–Crippen MR) is 82.2 cm³/mol. The number of fused-ring (bicyclic) bond motifs is 1. The number of ether oxygens (including phenoxy) is 1. The summed E-state index contributed by atoms with van der Waals surface area (Å²) in [5.74, 6) is -0.161. The lowest BCUT2D eigenvalue weighted by Gasteiger charge is -2.26. The number of benzene rings is 1. The minimum atomic E-state index is -0.191. The molecule has 0 heterocycles. The molecule has 106 valence electrons. The van der Waals surface area contributed by atoms with Crippen molar-refractivity contribution < 1.29 is 9.53 Å². The van der Waals surface area contributed by atoms with E-state index in [-0.39, 0.29) is 17.8 Å². The van der Waals surface area contributed by atoms with Gasteiger partial charge in [-0.25, -0.2) is 0 Å². The summed E-state index contributed by atoms with van der Waals surface area (Å²) < 4.78 is 4.97. The monoisotopic (exact) mass is 270 g/mol. The third-order valence-corrected chi connectivity index (χ3v) is 3.88. The fourth-order valence-corrected chi connectivity index (χ4v) is 2.85. The van der Waals surface area contributed by atoms with E-state index in [1.165, 1.54) is 23.8 Å². The maximum Gasteiger partial charge on any atom is 0.313 e. The molecule has 1 aromatic carbocycles. The lowest BCUT2D eigenvalue weighted by atomic mass is 9.78. The van der Waals surface area contributed by atoms with Crippen molar-refractivity contribution in [1.82, 2.24) is 0 Å². The van der Waals surface area contributed by atoms with Crippen LogP contribution in [0.5, 0.6) is 0 Å². The highest BCUT2D eigenvalue weighted by Gasteiger charge is 2.28. The molecule has 2 nitrogen and oxygen atoms in total. The van der Waals surface area contributed by atoms with Crippen molar-refractivity contribution in [3.05, 3.63) is 53.6 Å². The molecule has 2 atom stereocenters. The maximum atomic E-state index is 12.0. The maximum absolute atomic E-state index is 12.0. The number of carbonyl (C=O) groups is 1. The van der Waals surface area contributed by atoms with Gasteiger partial charge in [0.1, 0.15) is 0 Å². The van der Waals surface area contributed by atoms with Crippen molar-refractivity contribution in [2.75, 3.05) is 7.11 Å². The first kappa shape index (κ1) is 14.6. The molecule has 2 heteroatoms. The molecule has 20 heavy (non-hydrogen) atoms. The Morgan fingerprint density at radius 2 is 2.20 bits per heavy atom. The summed E-state index contributed by atoms with van der Waals surface area (Å²) in [6, 6.07) is 8.41. The second-order valence-corrected chi connectivity index (χ2v) is 5.26. The first-order valence-electron chi connectivity index (χ1n) is 7.18. The van der Waals surface area contributed by atoms with Crippen molar-refractivity contribution in [2.45, 2.75) is 26.7 Å². The van der Waals surface area contributed by atoms with E-state index >= 15 is 0 Å². The number of allylic oxidation sites excluding steroid dienone is 3. The highest BCUT2D eigenvalue weighted by molar-refractivity contribution is 5.77. The summed E-state index contributed by atoms with van der Waals surface area (Å²) in [6.07, 6.45) is 8.07. The van der Waals surface area contributed by atoms with E-state index in [2.05, 4.69) is 44.2 Å². The number of hydrogen-bond donors (Lipinski definition) is 0. The normalized spacial score (nSPS) is 19.4. The molecule has 1 aliphatic carbocycles. The standard InChI is InChI=1S/C18H22O2/c1-4-5-9-17(18(19)20-3)15-11-13(2)16-10-7-6-8-14(16)12-15/h5-11,15,17H,4,12H2,1-3H3/b9-5-/t15-,17-/m0/s1. The van der Waals surface area contributed by atoms with Gasteiger partial charge < -0.3 is 4.74 Å². The third-order valence-electron chi connectivity index (χ3n) is 3.88. The molecule has 0 saturated carbocycles. The summed E-state index contributed by atoms with van der Waals surface area (Å²) in [4.78, 5) is 12.0. The minimum absolute atomic E-state index is 0.150. The van der Waals surface area contributed by atoms with Gasteiger partial charge >= 0.3 is 5.97 Å². The van der Waals surface area contributed by atoms with Gasteiger partial charge in [-0.15, -0.1) is 0 Å². The number of esters is 1. The van der Waals surface area contributed by atoms with Gasteiger partial charge in [0.05, 0.1) is 13.0 Å². The molecule has 2 rings (SSSR count). The van der Waals surface area contributed by atoms with Crippen molar-refractivity contribution >= 4 is 11.5 Å². The molecule has 0 bridgehead atoms. The summed E-state index contributed by atoms with van der Waals surface area (Å²) in [6.45, 7) is 4.19. The zero-order valence-electron chi connectivity index (χ0n) is 12.4. The SMILES string of the molecule is CC/C=C\[C@H](C(=O)OC)[C@H]1C=C(C)c2ccccc2C1. The average Bonchev–Trinajstić information content (AvgIpc) is 2.47. The molecular weight excluding hydrogens is 248 g/mol. The van der Waals surface area contributed by atoms with E-state index in [4.69, 9.17) is 4.74 Å². The van der Waals surface area contributed by atoms with Gasteiger partial charge in [-0.05, 0) is 42.4 Å². The highest BCUT2D eigenvalue weighted by atomic mass is 16.5. The highest BCUT2D eigenvalue weighted by Crippen LogP contribution is 2.33. The van der Waals surface area contributed by atoms with Crippen molar-refractivity contribution in [2.24, 2.45) is 11.8 Å². The zero-order chi connectivity index (χ0) is 14.5. The smallest absolute Gasteiger partial charge is 0.313 e. The van der Waals surface area contributed by atoms with Gasteiger partial charge in [-0.2, -0.15) is 0 Å². The first-order valence-corrected chi connectivity index (χ1v) is 7.18. The van der Waals surface area contributed by atoms with Gasteiger partial charge in [0.25, 0.3) is 0 Å². The Morgan fingerprint density at radius 3 is 2.90 bits per heavy atom. The van der Waals surface area contributed by atoms with E-state index < -0.39 is 0 Å². The Hall–Kier alpha value is -1.83. The topological polar surface area (TPSA) is 26.3 Å². The fraction of sp³-hybridized carbons (Fsp3) is 0.389. The van der Waals surface area contributed by atoms with Crippen molar-refractivity contribution in [3.8, 4) is 0 Å². The number of rotatable bonds is 4. The van der Waals surface area contributed by atoms with E-state index in [1.807, 2.05) is 12.2 Å². The van der Waals surface area contributed by atoms with Crippen LogP contribution in [0.15, 0.2) is 42.5 Å². The second-order valence-electron chi connectivity index (χ2n) is 5.26. The third kappa shape index (κ3) is 3.01. The van der Waals surface area contributed by atoms with Crippen LogP contribution >= 0.6 is 0 Å². The Bertz CT molecular complexity index is 540. The van der Waals surface area contributed by atoms with Crippen LogP contribution in [0.4, 0.5) is 0 Å². The summed E-state index contributed by atoms with van der Waals surface area (Å²) in [7, 11) is 1.46. The molecule has 0 amide bonds. The predicted octanol–water partition coefficient (Wildman–Crippen LogP) is 4.02. The quantitative estimate of drug-likeness (QED) is 0.610. The van der Waals surface area contributed by atoms with E-state index in [1.54, 1.807) is 0 Å². The molecule has 0 fully saturated rings. The molecule has 0 radical (unpaired) electrons. The van der Waals surface area contributed by atoms with Crippen LogP contribution in [0, 0.1) is 11.8 Å². The Kier molecular flexibility index (Phi) is 4.78. The minimum Gasteiger partial charge on any atom is -0.469 e. The van der Waals surface area contributed by atoms with Crippen LogP contribution < -0.4 is 0 Å². The molecular formula is C18H22O2. The average molecular weight is 270 g/mol. The molecule has 0 unspecified atom stereocenters. The van der Waals surface area contributed by atoms with Gasteiger partial charge in [-0.3, -0.25) is 4.79 Å². The van der Waals surface area contributed by atoms with E-state index in [9.17, 15) is 4.79 Å². The van der Waals surface area contributed by atoms with Gasteiger partial charge in [0.2, 0.25) is 0 Å². The lowest BCUT2D eigenvalue weighted by Crippen LogP contribution is -2.26. The second kappa shape index (κ2) is 6.56. The van der Waals surface area contributed by atoms with Gasteiger partial charge in [-0.1, -0.05) is 49.4 Å². The molecule has 0 spiro atoms. The van der Waals surface area contributed by atoms with Gasteiger partial charge in [0.15, 0.2) is 0 Å². The molecule has 1 aliphatic rings. The molecule has 0 N–H and O–H groups in total. The van der Waals surface area contributed by atoms with Crippen molar-refractivity contribution in [3.63, 3.8) is 0 Å². The fourth-order valence-electron chi connectivity index (χ4n) is 2.85. The van der Waals surface area contributed by atoms with Crippen LogP contribution in [0.1, 0.15) is 31.4 Å². The number of carbonyl (C=O) groups excluding carboxylic acids is 1. The first-order chi connectivity index (χ1) is 9.67. The van der Waals surface area contributed by atoms with E-state index in [0.717, 1.165) is 12.8 Å². The Labute approximate surface area is 121 Å². The van der Waals surface area contributed by atoms with E-state index in [0.29, 0.717) is 0 Å². The Morgan fingerprint density at radius 1 is 1.45 bits per heavy atom. The summed E-state index contributed by atoms with van der Waals surface area (Å²) in [5, 5.41) is 0. The van der Waals surface area contributed by atoms with Crippen LogP contribution in [-0.4, -0.2) is 13.1 Å². The lowest BCUT2D eigenvalue weighted by molar-refractivity contribution is -0.144.